The summed E-state index contributed by atoms with van der Waals surface area (Å²) >= 11 is 0. The Hall–Kier alpha value is -2.43. The monoisotopic (exact) mass is 332 g/mol. The van der Waals surface area contributed by atoms with E-state index < -0.39 is 0 Å². The Bertz CT molecular complexity index is 829. The van der Waals surface area contributed by atoms with Gasteiger partial charge in [-0.05, 0) is 17.7 Å². The van der Waals surface area contributed by atoms with Crippen LogP contribution in [0, 0.1) is 0 Å². The molecule has 0 unspecified atom stereocenters. The number of piperazine rings is 1. The van der Waals surface area contributed by atoms with Crippen LogP contribution in [0.4, 0.5) is 0 Å². The van der Waals surface area contributed by atoms with Gasteiger partial charge in [0, 0.05) is 32.7 Å². The Labute approximate surface area is 149 Å². The first-order valence-electron chi connectivity index (χ1n) is 8.95. The van der Waals surface area contributed by atoms with Crippen LogP contribution in [0.5, 0.6) is 0 Å². The van der Waals surface area contributed by atoms with E-state index in [-0.39, 0.29) is 0 Å². The summed E-state index contributed by atoms with van der Waals surface area (Å²) in [5.41, 5.74) is 3.57. The number of para-hydroxylation sites is 2. The van der Waals surface area contributed by atoms with Gasteiger partial charge in [0.15, 0.2) is 0 Å². The Balaban J connectivity index is 1.28. The number of nitrogens with zero attached hydrogens (tertiary/aromatic N) is 4. The molecule has 1 aliphatic rings. The number of fused-ring (bicyclic) bond motifs is 1. The fourth-order valence-corrected chi connectivity index (χ4v) is 3.35. The number of imidazole rings is 1. The van der Waals surface area contributed by atoms with Gasteiger partial charge >= 0.3 is 0 Å². The molecular weight excluding hydrogens is 308 g/mol. The molecule has 128 valence electrons. The van der Waals surface area contributed by atoms with Crippen LogP contribution in [0.25, 0.3) is 17.1 Å². The second-order valence-corrected chi connectivity index (χ2v) is 6.58. The predicted octanol–water partition coefficient (Wildman–Crippen LogP) is 3.32. The van der Waals surface area contributed by atoms with Crippen LogP contribution in [0.2, 0.25) is 0 Å². The maximum absolute atomic E-state index is 4.49. The van der Waals surface area contributed by atoms with E-state index in [9.17, 15) is 0 Å². The molecule has 2 heterocycles. The Morgan fingerprint density at radius 3 is 2.40 bits per heavy atom. The molecule has 2 aromatic carbocycles. The zero-order valence-corrected chi connectivity index (χ0v) is 14.5. The summed E-state index contributed by atoms with van der Waals surface area (Å²) in [6.45, 7) is 6.39. The molecule has 25 heavy (non-hydrogen) atoms. The molecule has 0 radical (unpaired) electrons. The molecular formula is C21H24N4. The van der Waals surface area contributed by atoms with E-state index >= 15 is 0 Å². The van der Waals surface area contributed by atoms with Gasteiger partial charge in [0.05, 0.1) is 24.0 Å². The number of benzene rings is 2. The van der Waals surface area contributed by atoms with Crippen molar-refractivity contribution in [2.24, 2.45) is 0 Å². The topological polar surface area (TPSA) is 24.3 Å². The fraction of sp³-hybridized carbons (Fsp3) is 0.286. The summed E-state index contributed by atoms with van der Waals surface area (Å²) in [5.74, 6) is 0. The van der Waals surface area contributed by atoms with Crippen molar-refractivity contribution in [3.05, 3.63) is 72.6 Å². The van der Waals surface area contributed by atoms with Gasteiger partial charge in [0.25, 0.3) is 0 Å². The third-order valence-corrected chi connectivity index (χ3v) is 4.82. The Morgan fingerprint density at radius 2 is 1.56 bits per heavy atom. The van der Waals surface area contributed by atoms with Crippen molar-refractivity contribution in [1.82, 2.24) is 19.4 Å². The summed E-state index contributed by atoms with van der Waals surface area (Å²) in [7, 11) is 0. The molecule has 4 nitrogen and oxygen atoms in total. The number of aromatic nitrogens is 2. The fourth-order valence-electron chi connectivity index (χ4n) is 3.35. The van der Waals surface area contributed by atoms with Crippen LogP contribution in [0.3, 0.4) is 0 Å². The normalized spacial score (nSPS) is 16.8. The third kappa shape index (κ3) is 3.98. The summed E-state index contributed by atoms with van der Waals surface area (Å²) in [5, 5.41) is 0. The lowest BCUT2D eigenvalue weighted by atomic mass is 10.2. The SMILES string of the molecule is C(=C\c1ccccc1)/CN1CCN(Cn2cnc3ccccc32)CC1. The van der Waals surface area contributed by atoms with Crippen molar-refractivity contribution in [2.75, 3.05) is 32.7 Å². The van der Waals surface area contributed by atoms with Crippen molar-refractivity contribution in [3.8, 4) is 0 Å². The lowest BCUT2D eigenvalue weighted by molar-refractivity contribution is 0.117. The molecule has 1 aliphatic heterocycles. The first-order valence-corrected chi connectivity index (χ1v) is 8.95. The van der Waals surface area contributed by atoms with Gasteiger partial charge in [-0.3, -0.25) is 9.80 Å². The van der Waals surface area contributed by atoms with Crippen molar-refractivity contribution in [1.29, 1.82) is 0 Å². The largest absolute Gasteiger partial charge is 0.317 e. The minimum atomic E-state index is 0.925. The van der Waals surface area contributed by atoms with Gasteiger partial charge in [0.1, 0.15) is 0 Å². The maximum atomic E-state index is 4.49. The van der Waals surface area contributed by atoms with Gasteiger partial charge in [-0.15, -0.1) is 0 Å². The van der Waals surface area contributed by atoms with E-state index in [0.717, 1.165) is 44.9 Å². The minimum absolute atomic E-state index is 0.925. The van der Waals surface area contributed by atoms with Gasteiger partial charge in [-0.25, -0.2) is 4.98 Å². The molecule has 0 saturated carbocycles. The smallest absolute Gasteiger partial charge is 0.0969 e. The second kappa shape index (κ2) is 7.64. The molecule has 1 fully saturated rings. The van der Waals surface area contributed by atoms with Gasteiger partial charge in [-0.1, -0.05) is 54.6 Å². The van der Waals surface area contributed by atoms with Crippen LogP contribution in [-0.4, -0.2) is 52.1 Å². The average Bonchev–Trinajstić information content (AvgIpc) is 3.07. The van der Waals surface area contributed by atoms with E-state index in [4.69, 9.17) is 0 Å². The van der Waals surface area contributed by atoms with Gasteiger partial charge < -0.3 is 4.57 Å². The third-order valence-electron chi connectivity index (χ3n) is 4.82. The average molecular weight is 332 g/mol. The van der Waals surface area contributed by atoms with Crippen molar-refractivity contribution >= 4 is 17.1 Å². The van der Waals surface area contributed by atoms with Crippen LogP contribution < -0.4 is 0 Å². The number of hydrogen-bond donors (Lipinski definition) is 0. The van der Waals surface area contributed by atoms with E-state index in [1.54, 1.807) is 0 Å². The molecule has 4 heteroatoms. The van der Waals surface area contributed by atoms with E-state index in [2.05, 4.69) is 80.0 Å². The summed E-state index contributed by atoms with van der Waals surface area (Å²) < 4.78 is 2.25. The predicted molar refractivity (Wildman–Crippen MR) is 103 cm³/mol. The molecule has 0 N–H and O–H groups in total. The minimum Gasteiger partial charge on any atom is -0.317 e. The summed E-state index contributed by atoms with van der Waals surface area (Å²) in [6.07, 6.45) is 6.44. The standard InChI is InChI=1S/C21H24N4/c1-2-7-19(8-3-1)9-6-12-23-13-15-24(16-14-23)18-25-17-22-20-10-4-5-11-21(20)25/h1-11,17H,12-16,18H2/b9-6+. The quantitative estimate of drug-likeness (QED) is 0.716. The van der Waals surface area contributed by atoms with E-state index in [1.165, 1.54) is 11.1 Å². The number of hydrogen-bond acceptors (Lipinski definition) is 3. The molecule has 1 aromatic heterocycles. The highest BCUT2D eigenvalue weighted by molar-refractivity contribution is 5.74. The van der Waals surface area contributed by atoms with Crippen molar-refractivity contribution in [2.45, 2.75) is 6.67 Å². The molecule has 0 amide bonds. The van der Waals surface area contributed by atoms with Crippen molar-refractivity contribution in [3.63, 3.8) is 0 Å². The van der Waals surface area contributed by atoms with E-state index in [0.29, 0.717) is 0 Å². The van der Waals surface area contributed by atoms with Crippen LogP contribution in [-0.2, 0) is 6.67 Å². The zero-order valence-electron chi connectivity index (χ0n) is 14.5. The first kappa shape index (κ1) is 16.1. The highest BCUT2D eigenvalue weighted by Gasteiger charge is 2.16. The van der Waals surface area contributed by atoms with Crippen LogP contribution >= 0.6 is 0 Å². The highest BCUT2D eigenvalue weighted by Crippen LogP contribution is 2.13. The molecule has 4 rings (SSSR count). The lowest BCUT2D eigenvalue weighted by Gasteiger charge is -2.34. The second-order valence-electron chi connectivity index (χ2n) is 6.58. The zero-order chi connectivity index (χ0) is 16.9. The first-order chi connectivity index (χ1) is 12.4. The summed E-state index contributed by atoms with van der Waals surface area (Å²) in [6, 6.07) is 18.8. The van der Waals surface area contributed by atoms with Crippen LogP contribution in [0.1, 0.15) is 5.56 Å². The van der Waals surface area contributed by atoms with Crippen LogP contribution in [0.15, 0.2) is 67.0 Å². The maximum Gasteiger partial charge on any atom is 0.0969 e. The molecule has 0 atom stereocenters. The van der Waals surface area contributed by atoms with Gasteiger partial charge in [-0.2, -0.15) is 0 Å². The number of rotatable bonds is 5. The molecule has 0 spiro atoms. The highest BCUT2D eigenvalue weighted by atomic mass is 15.3. The lowest BCUT2D eigenvalue weighted by Crippen LogP contribution is -2.46. The Morgan fingerprint density at radius 1 is 0.840 bits per heavy atom. The molecule has 3 aromatic rings. The molecule has 0 bridgehead atoms. The van der Waals surface area contributed by atoms with Crippen molar-refractivity contribution < 1.29 is 0 Å². The summed E-state index contributed by atoms with van der Waals surface area (Å²) in [4.78, 5) is 9.51. The molecule has 1 saturated heterocycles. The molecule has 0 aliphatic carbocycles. The van der Waals surface area contributed by atoms with E-state index in [1.807, 2.05) is 12.4 Å². The Kier molecular flexibility index (Phi) is 4.91. The van der Waals surface area contributed by atoms with Gasteiger partial charge in [0.2, 0.25) is 0 Å².